The molecule has 0 bridgehead atoms. The number of ketones is 1. The van der Waals surface area contributed by atoms with Gasteiger partial charge in [0, 0.05) is 30.4 Å². The zero-order valence-corrected chi connectivity index (χ0v) is 21.5. The lowest BCUT2D eigenvalue weighted by atomic mass is 9.99. The first-order chi connectivity index (χ1) is 17.8. The van der Waals surface area contributed by atoms with E-state index in [4.69, 9.17) is 19.2 Å². The van der Waals surface area contributed by atoms with Gasteiger partial charge < -0.3 is 19.1 Å². The number of carbonyl (C=O) groups excluding carboxylic acids is 2. The first-order valence-corrected chi connectivity index (χ1v) is 12.0. The van der Waals surface area contributed by atoms with E-state index in [1.165, 1.54) is 30.8 Å². The van der Waals surface area contributed by atoms with Crippen molar-refractivity contribution in [1.29, 1.82) is 0 Å². The third-order valence-corrected chi connectivity index (χ3v) is 6.02. The maximum atomic E-state index is 13.5. The third kappa shape index (κ3) is 4.84. The van der Waals surface area contributed by atoms with E-state index in [0.29, 0.717) is 47.2 Å². The Morgan fingerprint density at radius 3 is 2.41 bits per heavy atom. The second-order valence-corrected chi connectivity index (χ2v) is 8.46. The van der Waals surface area contributed by atoms with Crippen LogP contribution < -0.4 is 19.9 Å². The summed E-state index contributed by atoms with van der Waals surface area (Å²) in [6.07, 6.45) is 5.15. The molecule has 37 heavy (non-hydrogen) atoms. The van der Waals surface area contributed by atoms with Gasteiger partial charge in [-0.1, -0.05) is 13.0 Å². The summed E-state index contributed by atoms with van der Waals surface area (Å²) < 4.78 is 17.4. The van der Waals surface area contributed by atoms with Crippen LogP contribution >= 0.6 is 0 Å². The number of carbonyl (C=O) groups is 2. The summed E-state index contributed by atoms with van der Waals surface area (Å²) in [4.78, 5) is 46.6. The van der Waals surface area contributed by atoms with Crippen molar-refractivity contribution in [3.8, 4) is 11.5 Å². The van der Waals surface area contributed by atoms with Gasteiger partial charge in [-0.2, -0.15) is 0 Å². The van der Waals surface area contributed by atoms with Crippen LogP contribution in [0.1, 0.15) is 41.8 Å². The molecule has 0 amide bonds. The average molecular weight is 504 g/mol. The van der Waals surface area contributed by atoms with E-state index in [0.717, 1.165) is 5.56 Å². The van der Waals surface area contributed by atoms with Crippen LogP contribution in [0.25, 0.3) is 11.7 Å². The predicted molar refractivity (Wildman–Crippen MR) is 140 cm³/mol. The van der Waals surface area contributed by atoms with E-state index in [2.05, 4.69) is 0 Å². The van der Waals surface area contributed by atoms with Crippen molar-refractivity contribution in [3.05, 3.63) is 80.9 Å². The molecule has 0 saturated carbocycles. The molecule has 3 heterocycles. The van der Waals surface area contributed by atoms with E-state index in [1.807, 2.05) is 19.9 Å². The molecule has 9 heteroatoms. The summed E-state index contributed by atoms with van der Waals surface area (Å²) in [7, 11) is 3.00. The molecule has 4 rings (SSSR count). The second-order valence-electron chi connectivity index (χ2n) is 8.46. The minimum absolute atomic E-state index is 0.109. The van der Waals surface area contributed by atoms with Crippen molar-refractivity contribution >= 4 is 29.3 Å². The first-order valence-electron chi connectivity index (χ1n) is 12.0. The number of allylic oxidation sites excluding steroid dienone is 1. The minimum Gasteiger partial charge on any atom is -0.497 e. The number of rotatable bonds is 8. The normalized spacial score (nSPS) is 13.8. The number of ether oxygens (including phenoxy) is 3. The van der Waals surface area contributed by atoms with Gasteiger partial charge in [0.15, 0.2) is 5.78 Å². The van der Waals surface area contributed by atoms with Crippen LogP contribution in [0, 0.1) is 6.92 Å². The Kier molecular flexibility index (Phi) is 7.42. The zero-order chi connectivity index (χ0) is 26.7. The number of pyridine rings is 1. The molecule has 192 valence electrons. The Labute approximate surface area is 214 Å². The van der Waals surface area contributed by atoms with Crippen LogP contribution in [0.2, 0.25) is 0 Å². The lowest BCUT2D eigenvalue weighted by Gasteiger charge is -2.32. The van der Waals surface area contributed by atoms with E-state index < -0.39 is 5.97 Å². The number of hydrogen-bond donors (Lipinski definition) is 0. The molecule has 2 aromatic heterocycles. The van der Waals surface area contributed by atoms with Gasteiger partial charge >= 0.3 is 5.97 Å². The molecular weight excluding hydrogens is 474 g/mol. The molecule has 1 aliphatic rings. The molecule has 0 N–H and O–H groups in total. The fourth-order valence-electron chi connectivity index (χ4n) is 4.25. The maximum absolute atomic E-state index is 13.5. The fourth-order valence-corrected chi connectivity index (χ4v) is 4.25. The highest BCUT2D eigenvalue weighted by molar-refractivity contribution is 6.10. The second kappa shape index (κ2) is 10.7. The third-order valence-electron chi connectivity index (χ3n) is 6.02. The van der Waals surface area contributed by atoms with Crippen molar-refractivity contribution in [1.82, 2.24) is 9.38 Å². The lowest BCUT2D eigenvalue weighted by molar-refractivity contribution is -0.138. The number of anilines is 1. The number of benzene rings is 1. The van der Waals surface area contributed by atoms with Gasteiger partial charge in [0.25, 0.3) is 5.56 Å². The zero-order valence-electron chi connectivity index (χ0n) is 21.5. The highest BCUT2D eigenvalue weighted by atomic mass is 16.5. The van der Waals surface area contributed by atoms with Crippen molar-refractivity contribution in [2.45, 2.75) is 27.2 Å². The van der Waals surface area contributed by atoms with Gasteiger partial charge in [-0.15, -0.1) is 0 Å². The van der Waals surface area contributed by atoms with Crippen molar-refractivity contribution < 1.29 is 23.8 Å². The van der Waals surface area contributed by atoms with Crippen molar-refractivity contribution in [3.63, 3.8) is 0 Å². The predicted octanol–water partition coefficient (Wildman–Crippen LogP) is 3.96. The topological polar surface area (TPSA) is 99.4 Å². The highest BCUT2D eigenvalue weighted by Gasteiger charge is 2.32. The SMILES string of the molecule is CCCN1C(=CC(=O)c2cc(OC)cc(OC)c2)C(C(=O)OCC)=Cc2c1nc1c(C)cccn1c2=O. The van der Waals surface area contributed by atoms with Crippen LogP contribution in [0.3, 0.4) is 0 Å². The van der Waals surface area contributed by atoms with Crippen LogP contribution in [0.4, 0.5) is 5.82 Å². The molecule has 1 aliphatic heterocycles. The average Bonchev–Trinajstić information content (AvgIpc) is 2.90. The van der Waals surface area contributed by atoms with Gasteiger partial charge in [0.2, 0.25) is 0 Å². The van der Waals surface area contributed by atoms with E-state index >= 15 is 0 Å². The van der Waals surface area contributed by atoms with Gasteiger partial charge in [0.05, 0.1) is 37.7 Å². The number of nitrogens with zero attached hydrogens (tertiary/aromatic N) is 3. The molecule has 1 aromatic carbocycles. The summed E-state index contributed by atoms with van der Waals surface area (Å²) in [6, 6.07) is 8.50. The molecular formula is C28H29N3O6. The maximum Gasteiger partial charge on any atom is 0.340 e. The summed E-state index contributed by atoms with van der Waals surface area (Å²) in [5.41, 5.74) is 2.01. The molecule has 0 radical (unpaired) electrons. The molecule has 0 aliphatic carbocycles. The number of hydrogen-bond acceptors (Lipinski definition) is 8. The summed E-state index contributed by atoms with van der Waals surface area (Å²) >= 11 is 0. The molecule has 0 unspecified atom stereocenters. The van der Waals surface area contributed by atoms with Crippen molar-refractivity contribution in [2.24, 2.45) is 0 Å². The number of esters is 1. The number of methoxy groups -OCH3 is 2. The Hall–Kier alpha value is -4.40. The molecule has 0 spiro atoms. The summed E-state index contributed by atoms with van der Waals surface area (Å²) in [5, 5.41) is 0. The molecule has 0 saturated heterocycles. The summed E-state index contributed by atoms with van der Waals surface area (Å²) in [6.45, 7) is 6.09. The number of fused-ring (bicyclic) bond motifs is 2. The summed E-state index contributed by atoms with van der Waals surface area (Å²) in [5.74, 6) is 0.291. The van der Waals surface area contributed by atoms with E-state index in [-0.39, 0.29) is 29.1 Å². The minimum atomic E-state index is -0.634. The Morgan fingerprint density at radius 2 is 1.78 bits per heavy atom. The first kappa shape index (κ1) is 25.7. The van der Waals surface area contributed by atoms with Crippen LogP contribution in [0.5, 0.6) is 11.5 Å². The van der Waals surface area contributed by atoms with Gasteiger partial charge in [-0.3, -0.25) is 14.0 Å². The number of aromatic nitrogens is 2. The van der Waals surface area contributed by atoms with Crippen LogP contribution in [0.15, 0.2) is 58.7 Å². The van der Waals surface area contributed by atoms with Gasteiger partial charge in [-0.25, -0.2) is 9.78 Å². The molecule has 9 nitrogen and oxygen atoms in total. The Morgan fingerprint density at radius 1 is 1.08 bits per heavy atom. The Bertz CT molecular complexity index is 1480. The van der Waals surface area contributed by atoms with E-state index in [1.54, 1.807) is 42.3 Å². The van der Waals surface area contributed by atoms with Crippen molar-refractivity contribution in [2.75, 3.05) is 32.3 Å². The standard InChI is InChI=1S/C28H29N3O6/c1-6-10-30-23(16-24(32)18-12-19(35-4)14-20(13-18)36-5)21(28(34)37-7-2)15-22-26(30)29-25-17(3)9-8-11-31(25)27(22)33/h8-9,11-16H,6-7,10H2,1-5H3. The van der Waals surface area contributed by atoms with Crippen LogP contribution in [-0.2, 0) is 9.53 Å². The monoisotopic (exact) mass is 503 g/mol. The lowest BCUT2D eigenvalue weighted by Crippen LogP contribution is -2.35. The van der Waals surface area contributed by atoms with Gasteiger partial charge in [-0.05, 0) is 50.1 Å². The quantitative estimate of drug-likeness (QED) is 0.259. The smallest absolute Gasteiger partial charge is 0.340 e. The fraction of sp³-hybridized carbons (Fsp3) is 0.286. The number of aryl methyl sites for hydroxylation is 1. The van der Waals surface area contributed by atoms with E-state index in [9.17, 15) is 14.4 Å². The molecule has 3 aromatic rings. The molecule has 0 atom stereocenters. The Balaban J connectivity index is 1.97. The largest absolute Gasteiger partial charge is 0.497 e. The molecule has 0 fully saturated rings. The van der Waals surface area contributed by atoms with Crippen LogP contribution in [-0.4, -0.2) is 48.5 Å². The van der Waals surface area contributed by atoms with Gasteiger partial charge in [0.1, 0.15) is 23.0 Å². The highest BCUT2D eigenvalue weighted by Crippen LogP contribution is 2.34.